The molecule has 0 atom stereocenters. The van der Waals surface area contributed by atoms with E-state index in [-0.39, 0.29) is 29.1 Å². The maximum atomic E-state index is 12.8. The van der Waals surface area contributed by atoms with Crippen LogP contribution in [0.15, 0.2) is 22.8 Å². The molecule has 140 valence electrons. The summed E-state index contributed by atoms with van der Waals surface area (Å²) >= 11 is 5.84. The van der Waals surface area contributed by atoms with Crippen LogP contribution in [0.1, 0.15) is 28.4 Å². The van der Waals surface area contributed by atoms with Crippen LogP contribution < -0.4 is 0 Å². The van der Waals surface area contributed by atoms with Crippen LogP contribution in [0.5, 0.6) is 0 Å². The topological polar surface area (TPSA) is 71.6 Å². The minimum absolute atomic E-state index is 0.123. The summed E-state index contributed by atoms with van der Waals surface area (Å²) in [6.45, 7) is 2.79. The van der Waals surface area contributed by atoms with Crippen LogP contribution in [0.3, 0.4) is 0 Å². The zero-order chi connectivity index (χ0) is 18.8. The van der Waals surface area contributed by atoms with E-state index < -0.39 is 12.1 Å². The van der Waals surface area contributed by atoms with Crippen molar-refractivity contribution < 1.29 is 22.8 Å². The Labute approximate surface area is 153 Å². The Morgan fingerprint density at radius 1 is 1.27 bits per heavy atom. The van der Waals surface area contributed by atoms with Crippen LogP contribution in [0, 0.1) is 6.92 Å². The highest BCUT2D eigenvalue weighted by Crippen LogP contribution is 2.28. The van der Waals surface area contributed by atoms with Gasteiger partial charge in [0, 0.05) is 26.2 Å². The fraction of sp³-hybridized carbons (Fsp3) is 0.438. The van der Waals surface area contributed by atoms with E-state index >= 15 is 0 Å². The predicted molar refractivity (Wildman–Crippen MR) is 88.1 cm³/mol. The van der Waals surface area contributed by atoms with Gasteiger partial charge in [-0.1, -0.05) is 11.6 Å². The van der Waals surface area contributed by atoms with Crippen molar-refractivity contribution in [3.63, 3.8) is 0 Å². The number of aromatic nitrogens is 2. The maximum absolute atomic E-state index is 12.8. The lowest BCUT2D eigenvalue weighted by Gasteiger charge is -2.34. The van der Waals surface area contributed by atoms with Crippen molar-refractivity contribution in [1.82, 2.24) is 19.6 Å². The van der Waals surface area contributed by atoms with E-state index in [1.807, 2.05) is 0 Å². The molecule has 1 saturated heterocycles. The highest BCUT2D eigenvalue weighted by Gasteiger charge is 2.27. The summed E-state index contributed by atoms with van der Waals surface area (Å²) in [6.07, 6.45) is -1.37. The van der Waals surface area contributed by atoms with Crippen molar-refractivity contribution in [2.24, 2.45) is 0 Å². The molecule has 0 aliphatic carbocycles. The zero-order valence-electron chi connectivity index (χ0n) is 14.0. The summed E-state index contributed by atoms with van der Waals surface area (Å²) in [5.74, 6) is -0.234. The number of rotatable bonds is 4. The minimum atomic E-state index is -2.80. The minimum Gasteiger partial charge on any atom is -0.459 e. The molecule has 1 fully saturated rings. The van der Waals surface area contributed by atoms with Crippen molar-refractivity contribution in [3.05, 3.63) is 40.6 Å². The van der Waals surface area contributed by atoms with E-state index in [9.17, 15) is 18.4 Å². The zero-order valence-corrected chi connectivity index (χ0v) is 14.7. The number of halogens is 3. The maximum Gasteiger partial charge on any atom is 0.289 e. The Morgan fingerprint density at radius 2 is 1.92 bits per heavy atom. The number of alkyl halides is 2. The van der Waals surface area contributed by atoms with Crippen LogP contribution in [0.25, 0.3) is 0 Å². The number of furan rings is 1. The number of carbonyl (C=O) groups excluding carboxylic acids is 2. The van der Waals surface area contributed by atoms with Gasteiger partial charge in [-0.05, 0) is 19.1 Å². The van der Waals surface area contributed by atoms with Gasteiger partial charge in [0.15, 0.2) is 5.76 Å². The van der Waals surface area contributed by atoms with Gasteiger partial charge in [0.05, 0.1) is 17.0 Å². The first-order valence-corrected chi connectivity index (χ1v) is 8.37. The Morgan fingerprint density at radius 3 is 2.46 bits per heavy atom. The van der Waals surface area contributed by atoms with Gasteiger partial charge >= 0.3 is 0 Å². The molecule has 7 nitrogen and oxygen atoms in total. The van der Waals surface area contributed by atoms with Crippen LogP contribution in [-0.4, -0.2) is 57.6 Å². The summed E-state index contributed by atoms with van der Waals surface area (Å²) in [6, 6.07) is 3.23. The molecule has 0 spiro atoms. The summed E-state index contributed by atoms with van der Waals surface area (Å²) in [4.78, 5) is 27.8. The van der Waals surface area contributed by atoms with Gasteiger partial charge in [-0.25, -0.2) is 8.78 Å². The molecule has 0 saturated carbocycles. The normalized spacial score (nSPS) is 15.0. The Hall–Kier alpha value is -2.42. The summed E-state index contributed by atoms with van der Waals surface area (Å²) in [5, 5.41) is 3.61. The van der Waals surface area contributed by atoms with Crippen LogP contribution in [0.2, 0.25) is 5.02 Å². The molecule has 0 unspecified atom stereocenters. The largest absolute Gasteiger partial charge is 0.459 e. The predicted octanol–water partition coefficient (Wildman–Crippen LogP) is 2.36. The number of hydrogen-bond acceptors (Lipinski definition) is 4. The van der Waals surface area contributed by atoms with Crippen molar-refractivity contribution in [2.75, 3.05) is 26.2 Å². The van der Waals surface area contributed by atoms with Crippen molar-refractivity contribution in [1.29, 1.82) is 0 Å². The second kappa shape index (κ2) is 7.45. The lowest BCUT2D eigenvalue weighted by molar-refractivity contribution is -0.133. The average Bonchev–Trinajstić information content (AvgIpc) is 3.25. The van der Waals surface area contributed by atoms with Gasteiger partial charge in [-0.3, -0.25) is 14.3 Å². The highest BCUT2D eigenvalue weighted by atomic mass is 35.5. The lowest BCUT2D eigenvalue weighted by Crippen LogP contribution is -2.51. The number of carbonyl (C=O) groups is 2. The first-order valence-electron chi connectivity index (χ1n) is 8.00. The molecule has 2 aromatic heterocycles. The molecule has 3 heterocycles. The van der Waals surface area contributed by atoms with E-state index in [0.717, 1.165) is 0 Å². The second-order valence-electron chi connectivity index (χ2n) is 5.89. The molecule has 0 radical (unpaired) electrons. The molecular formula is C16H17ClF2N4O3. The van der Waals surface area contributed by atoms with Crippen molar-refractivity contribution >= 4 is 23.4 Å². The van der Waals surface area contributed by atoms with E-state index in [4.69, 9.17) is 16.0 Å². The molecule has 2 amide bonds. The van der Waals surface area contributed by atoms with Crippen LogP contribution >= 0.6 is 11.6 Å². The van der Waals surface area contributed by atoms with Gasteiger partial charge in [0.25, 0.3) is 12.3 Å². The molecule has 2 aromatic rings. The lowest BCUT2D eigenvalue weighted by atomic mass is 10.2. The molecule has 1 aliphatic heterocycles. The first-order chi connectivity index (χ1) is 12.4. The van der Waals surface area contributed by atoms with E-state index in [0.29, 0.717) is 31.9 Å². The molecular weight excluding hydrogens is 370 g/mol. The first kappa shape index (κ1) is 18.4. The Balaban J connectivity index is 1.59. The highest BCUT2D eigenvalue weighted by molar-refractivity contribution is 6.31. The molecule has 1 aliphatic rings. The SMILES string of the molecule is Cc1c(Cl)c(C(F)F)nn1CC(=O)N1CCN(C(=O)c2ccco2)CC1. The van der Waals surface area contributed by atoms with E-state index in [1.165, 1.54) is 17.9 Å². The summed E-state index contributed by atoms with van der Waals surface area (Å²) in [7, 11) is 0. The van der Waals surface area contributed by atoms with Gasteiger partial charge in [-0.2, -0.15) is 5.10 Å². The number of amides is 2. The number of hydrogen-bond donors (Lipinski definition) is 0. The van der Waals surface area contributed by atoms with Gasteiger partial charge < -0.3 is 14.2 Å². The second-order valence-corrected chi connectivity index (χ2v) is 6.27. The standard InChI is InChI=1S/C16H17ClF2N4O3/c1-10-13(17)14(15(18)19)20-23(10)9-12(24)21-4-6-22(7-5-21)16(25)11-3-2-8-26-11/h2-3,8,15H,4-7,9H2,1H3. The van der Waals surface area contributed by atoms with Crippen molar-refractivity contribution in [2.45, 2.75) is 19.9 Å². The molecule has 26 heavy (non-hydrogen) atoms. The third kappa shape index (κ3) is 3.57. The molecule has 10 heteroatoms. The molecule has 0 aromatic carbocycles. The third-order valence-electron chi connectivity index (χ3n) is 4.30. The van der Waals surface area contributed by atoms with Crippen molar-refractivity contribution in [3.8, 4) is 0 Å². The number of piperazine rings is 1. The smallest absolute Gasteiger partial charge is 0.289 e. The van der Waals surface area contributed by atoms with E-state index in [1.54, 1.807) is 21.9 Å². The number of nitrogens with zero attached hydrogens (tertiary/aromatic N) is 4. The van der Waals surface area contributed by atoms with Gasteiger partial charge in [0.1, 0.15) is 12.2 Å². The monoisotopic (exact) mass is 386 g/mol. The summed E-state index contributed by atoms with van der Waals surface area (Å²) in [5.41, 5.74) is -0.201. The summed E-state index contributed by atoms with van der Waals surface area (Å²) < 4.78 is 32.0. The fourth-order valence-corrected chi connectivity index (χ4v) is 3.00. The molecule has 0 bridgehead atoms. The van der Waals surface area contributed by atoms with Crippen LogP contribution in [-0.2, 0) is 11.3 Å². The Bertz CT molecular complexity index is 799. The fourth-order valence-electron chi connectivity index (χ4n) is 2.78. The van der Waals surface area contributed by atoms with Gasteiger partial charge in [-0.15, -0.1) is 0 Å². The van der Waals surface area contributed by atoms with Gasteiger partial charge in [0.2, 0.25) is 5.91 Å². The quantitative estimate of drug-likeness (QED) is 0.808. The Kier molecular flexibility index (Phi) is 5.26. The van der Waals surface area contributed by atoms with E-state index in [2.05, 4.69) is 5.10 Å². The molecule has 3 rings (SSSR count). The third-order valence-corrected chi connectivity index (χ3v) is 4.77. The molecule has 0 N–H and O–H groups in total. The average molecular weight is 387 g/mol. The van der Waals surface area contributed by atoms with Crippen LogP contribution in [0.4, 0.5) is 8.78 Å².